The first-order chi connectivity index (χ1) is 21.5. The second-order valence-corrected chi connectivity index (χ2v) is 11.7. The molecule has 4 aromatic rings. The van der Waals surface area contributed by atoms with Crippen LogP contribution in [0.15, 0.2) is 46.9 Å². The number of carbonyl (C=O) groups is 2. The van der Waals surface area contributed by atoms with Crippen LogP contribution in [0.2, 0.25) is 0 Å². The molecule has 9 nitrogen and oxygen atoms in total. The van der Waals surface area contributed by atoms with Gasteiger partial charge in [0.2, 0.25) is 11.8 Å². The summed E-state index contributed by atoms with van der Waals surface area (Å²) < 4.78 is 46.5. The molecule has 0 unspecified atom stereocenters. The largest absolute Gasteiger partial charge is 0.421 e. The summed E-state index contributed by atoms with van der Waals surface area (Å²) in [5.41, 5.74) is 9.71. The zero-order chi connectivity index (χ0) is 32.2. The van der Waals surface area contributed by atoms with E-state index >= 15 is 0 Å². The van der Waals surface area contributed by atoms with Crippen molar-refractivity contribution in [1.29, 1.82) is 0 Å². The summed E-state index contributed by atoms with van der Waals surface area (Å²) in [6.45, 7) is 6.41. The van der Waals surface area contributed by atoms with E-state index in [2.05, 4.69) is 15.5 Å². The number of hydrogen-bond donors (Lipinski definition) is 2. The number of benzene rings is 2. The molecule has 2 aromatic heterocycles. The number of aromatic nitrogens is 3. The van der Waals surface area contributed by atoms with Gasteiger partial charge in [-0.2, -0.15) is 0 Å². The molecule has 0 aliphatic carbocycles. The lowest BCUT2D eigenvalue weighted by Crippen LogP contribution is -2.33. The number of nitrogens with two attached hydrogens (primary N) is 1. The molecule has 0 radical (unpaired) electrons. The fourth-order valence-corrected chi connectivity index (χ4v) is 5.66. The molecule has 1 atom stereocenters. The first-order valence-electron chi connectivity index (χ1n) is 14.9. The molecular formula is C33H35F3N6O3. The number of amides is 2. The van der Waals surface area contributed by atoms with Crippen molar-refractivity contribution in [2.24, 2.45) is 17.6 Å². The third kappa shape index (κ3) is 7.33. The molecule has 1 saturated heterocycles. The lowest BCUT2D eigenvalue weighted by Gasteiger charge is -2.27. The highest BCUT2D eigenvalue weighted by Gasteiger charge is 2.35. The Kier molecular flexibility index (Phi) is 9.50. The summed E-state index contributed by atoms with van der Waals surface area (Å²) in [7, 11) is 0. The molecule has 0 saturated carbocycles. The van der Waals surface area contributed by atoms with Crippen LogP contribution in [0.5, 0.6) is 0 Å². The van der Waals surface area contributed by atoms with Gasteiger partial charge in [-0.3, -0.25) is 14.6 Å². The number of rotatable bonds is 11. The smallest absolute Gasteiger partial charge is 0.252 e. The van der Waals surface area contributed by atoms with E-state index in [1.165, 1.54) is 18.2 Å². The van der Waals surface area contributed by atoms with Gasteiger partial charge in [0.1, 0.15) is 5.82 Å². The summed E-state index contributed by atoms with van der Waals surface area (Å²) >= 11 is 0. The summed E-state index contributed by atoms with van der Waals surface area (Å²) in [5.74, 6) is -3.01. The Labute approximate surface area is 259 Å². The van der Waals surface area contributed by atoms with Gasteiger partial charge >= 0.3 is 0 Å². The molecule has 2 amide bonds. The Morgan fingerprint density at radius 1 is 1.02 bits per heavy atom. The minimum atomic E-state index is -0.985. The van der Waals surface area contributed by atoms with Gasteiger partial charge in [0.05, 0.1) is 34.1 Å². The van der Waals surface area contributed by atoms with Gasteiger partial charge in [-0.1, -0.05) is 32.0 Å². The number of nitrogens with one attached hydrogen (secondary N) is 1. The number of carbonyl (C=O) groups excluding carboxylic acids is 2. The highest BCUT2D eigenvalue weighted by atomic mass is 19.2. The van der Waals surface area contributed by atoms with Crippen LogP contribution >= 0.6 is 0 Å². The lowest BCUT2D eigenvalue weighted by atomic mass is 9.94. The van der Waals surface area contributed by atoms with Crippen molar-refractivity contribution in [3.8, 4) is 11.5 Å². The van der Waals surface area contributed by atoms with Crippen LogP contribution in [0.25, 0.3) is 11.5 Å². The molecular weight excluding hydrogens is 585 g/mol. The molecule has 1 fully saturated rings. The lowest BCUT2D eigenvalue weighted by molar-refractivity contribution is -0.124. The van der Waals surface area contributed by atoms with Crippen molar-refractivity contribution in [2.75, 3.05) is 18.0 Å². The van der Waals surface area contributed by atoms with Gasteiger partial charge in [0.15, 0.2) is 11.6 Å². The maximum Gasteiger partial charge on any atom is 0.252 e. The van der Waals surface area contributed by atoms with Crippen molar-refractivity contribution in [3.63, 3.8) is 0 Å². The van der Waals surface area contributed by atoms with Crippen molar-refractivity contribution < 1.29 is 27.2 Å². The Hall–Kier alpha value is -4.74. The quantitative estimate of drug-likeness (QED) is 0.239. The van der Waals surface area contributed by atoms with Crippen LogP contribution in [0.3, 0.4) is 0 Å². The van der Waals surface area contributed by atoms with E-state index in [9.17, 15) is 22.8 Å². The van der Waals surface area contributed by atoms with Gasteiger partial charge in [-0.25, -0.2) is 13.2 Å². The number of halogens is 3. The molecule has 1 aliphatic heterocycles. The molecule has 0 spiro atoms. The van der Waals surface area contributed by atoms with Gasteiger partial charge < -0.3 is 20.4 Å². The van der Waals surface area contributed by atoms with Crippen LogP contribution in [-0.2, 0) is 30.6 Å². The zero-order valence-corrected chi connectivity index (χ0v) is 25.4. The second-order valence-electron chi connectivity index (χ2n) is 11.7. The molecule has 3 N–H and O–H groups in total. The predicted octanol–water partition coefficient (Wildman–Crippen LogP) is 5.08. The van der Waals surface area contributed by atoms with E-state index < -0.39 is 23.5 Å². The topological polar surface area (TPSA) is 127 Å². The van der Waals surface area contributed by atoms with E-state index in [4.69, 9.17) is 15.1 Å². The van der Waals surface area contributed by atoms with Crippen molar-refractivity contribution in [2.45, 2.75) is 53.0 Å². The summed E-state index contributed by atoms with van der Waals surface area (Å²) in [6.07, 6.45) is 1.89. The third-order valence-corrected chi connectivity index (χ3v) is 7.80. The highest BCUT2D eigenvalue weighted by molar-refractivity contribution is 6.03. The van der Waals surface area contributed by atoms with Gasteiger partial charge in [0.25, 0.3) is 11.8 Å². The zero-order valence-electron chi connectivity index (χ0n) is 25.4. The van der Waals surface area contributed by atoms with Crippen LogP contribution in [0.4, 0.5) is 18.9 Å². The summed E-state index contributed by atoms with van der Waals surface area (Å²) in [6, 6.07) is 9.71. The number of anilines is 1. The van der Waals surface area contributed by atoms with Crippen LogP contribution < -0.4 is 16.0 Å². The molecule has 12 heteroatoms. The van der Waals surface area contributed by atoms with Crippen molar-refractivity contribution in [1.82, 2.24) is 20.5 Å². The molecule has 45 heavy (non-hydrogen) atoms. The fraction of sp³-hybridized carbons (Fsp3) is 0.364. The molecule has 2 aromatic carbocycles. The molecule has 3 heterocycles. The van der Waals surface area contributed by atoms with E-state index in [1.54, 1.807) is 19.1 Å². The number of nitrogens with zero attached hydrogens (tertiary/aromatic N) is 4. The number of hydrogen-bond acceptors (Lipinski definition) is 7. The first-order valence-corrected chi connectivity index (χ1v) is 14.9. The predicted molar refractivity (Wildman–Crippen MR) is 162 cm³/mol. The second kappa shape index (κ2) is 13.5. The number of pyridine rings is 1. The number of primary amides is 1. The third-order valence-electron chi connectivity index (χ3n) is 7.80. The normalized spacial score (nSPS) is 14.7. The SMILES string of the molecule is Cc1nnc(-c2c(CCc3ccc(F)cc3)nc(CC(C)C)c(C(N)=O)c2N2CC[C@H](C(=O)NCc3ccc(F)c(F)c3)C2)o1. The van der Waals surface area contributed by atoms with E-state index in [0.717, 1.165) is 17.7 Å². The summed E-state index contributed by atoms with van der Waals surface area (Å²) in [5, 5.41) is 11.1. The van der Waals surface area contributed by atoms with Crippen molar-refractivity contribution in [3.05, 3.63) is 93.9 Å². The Morgan fingerprint density at radius 2 is 1.76 bits per heavy atom. The average Bonchev–Trinajstić information content (AvgIpc) is 3.66. The Bertz CT molecular complexity index is 1710. The average molecular weight is 621 g/mol. The first kappa shape index (κ1) is 31.7. The summed E-state index contributed by atoms with van der Waals surface area (Å²) in [4.78, 5) is 33.2. The van der Waals surface area contributed by atoms with Gasteiger partial charge in [-0.05, 0) is 67.0 Å². The molecule has 236 valence electrons. The maximum absolute atomic E-state index is 13.7. The molecule has 5 rings (SSSR count). The van der Waals surface area contributed by atoms with E-state index in [1.807, 2.05) is 18.7 Å². The van der Waals surface area contributed by atoms with Crippen LogP contribution in [0.1, 0.15) is 59.0 Å². The number of aryl methyl sites for hydroxylation is 3. The van der Waals surface area contributed by atoms with Crippen LogP contribution in [-0.4, -0.2) is 40.1 Å². The van der Waals surface area contributed by atoms with E-state index in [0.29, 0.717) is 66.3 Å². The van der Waals surface area contributed by atoms with E-state index in [-0.39, 0.29) is 42.2 Å². The standard InChI is InChI=1S/C33H35F3N6O3/c1-18(2)14-27-28(31(37)43)30(42-13-12-22(17-42)32(44)38-16-21-6-10-24(35)25(36)15-21)29(33-41-40-19(3)45-33)26(39-27)11-7-20-4-8-23(34)9-5-20/h4-6,8-10,15,18,22H,7,11-14,16-17H2,1-3H3,(H2,37,43)(H,38,44)/t22-/m0/s1. The molecule has 0 bridgehead atoms. The fourth-order valence-electron chi connectivity index (χ4n) is 5.66. The Morgan fingerprint density at radius 3 is 2.40 bits per heavy atom. The van der Waals surface area contributed by atoms with Gasteiger partial charge in [-0.15, -0.1) is 10.2 Å². The van der Waals surface area contributed by atoms with Gasteiger partial charge in [0, 0.05) is 26.6 Å². The minimum absolute atomic E-state index is 0.0346. The Balaban J connectivity index is 1.52. The van der Waals surface area contributed by atoms with Crippen molar-refractivity contribution >= 4 is 17.5 Å². The molecule has 1 aliphatic rings. The maximum atomic E-state index is 13.7. The minimum Gasteiger partial charge on any atom is -0.421 e. The monoisotopic (exact) mass is 620 g/mol. The van der Waals surface area contributed by atoms with Crippen LogP contribution in [0, 0.1) is 36.2 Å². The highest BCUT2D eigenvalue weighted by Crippen LogP contribution is 2.40.